The maximum Gasteiger partial charge on any atom is 0.137 e. The molecule has 2 aromatic heterocycles. The average Bonchev–Trinajstić information content (AvgIpc) is 1.87. The molecule has 92 heavy (non-hydrogen) atoms. The van der Waals surface area contributed by atoms with Crippen LogP contribution in [-0.4, -0.2) is 0 Å². The van der Waals surface area contributed by atoms with Crippen LogP contribution in [0.4, 0.5) is 34.1 Å². The predicted octanol–water partition coefficient (Wildman–Crippen LogP) is 25.4. The maximum atomic E-state index is 6.32. The summed E-state index contributed by atoms with van der Waals surface area (Å²) in [6.45, 7) is 0. The summed E-state index contributed by atoms with van der Waals surface area (Å²) >= 11 is 0. The van der Waals surface area contributed by atoms with Gasteiger partial charge in [-0.05, 0) is 185 Å². The van der Waals surface area contributed by atoms with E-state index in [0.29, 0.717) is 0 Å². The summed E-state index contributed by atoms with van der Waals surface area (Å²) in [4.78, 5) is 4.62. The van der Waals surface area contributed by atoms with E-state index in [1.165, 1.54) is 87.6 Å². The molecule has 0 N–H and O–H groups in total. The fourth-order valence-electron chi connectivity index (χ4n) is 13.5. The van der Waals surface area contributed by atoms with Crippen LogP contribution < -0.4 is 9.80 Å². The molecule has 0 unspecified atom stereocenters. The Bertz CT molecular complexity index is 5510. The topological polar surface area (TPSA) is 32.8 Å². The Balaban J connectivity index is 0.000000141. The number of benzene rings is 16. The van der Waals surface area contributed by atoms with Gasteiger partial charge in [-0.2, -0.15) is 0 Å². The zero-order valence-electron chi connectivity index (χ0n) is 50.2. The normalized spacial score (nSPS) is 11.5. The van der Waals surface area contributed by atoms with Crippen LogP contribution in [0.2, 0.25) is 0 Å². The van der Waals surface area contributed by atoms with E-state index in [0.717, 1.165) is 78.0 Å². The lowest BCUT2D eigenvalue weighted by atomic mass is 9.97. The van der Waals surface area contributed by atoms with E-state index in [1.54, 1.807) is 0 Å². The van der Waals surface area contributed by atoms with Gasteiger partial charge in [-0.25, -0.2) is 0 Å². The van der Waals surface area contributed by atoms with Crippen molar-refractivity contribution in [3.8, 4) is 44.5 Å². The molecule has 432 valence electrons. The molecule has 0 aliphatic rings. The Morgan fingerprint density at radius 1 is 0.163 bits per heavy atom. The van der Waals surface area contributed by atoms with Gasteiger partial charge in [0.25, 0.3) is 0 Å². The van der Waals surface area contributed by atoms with Gasteiger partial charge >= 0.3 is 0 Å². The largest absolute Gasteiger partial charge is 0.456 e. The molecule has 0 saturated carbocycles. The first-order valence-electron chi connectivity index (χ1n) is 31.3. The molecule has 0 atom stereocenters. The third-order valence-corrected chi connectivity index (χ3v) is 18.1. The average molecular weight is 1180 g/mol. The van der Waals surface area contributed by atoms with Gasteiger partial charge < -0.3 is 18.6 Å². The first kappa shape index (κ1) is 54.0. The van der Waals surface area contributed by atoms with E-state index in [1.807, 2.05) is 24.3 Å². The summed E-state index contributed by atoms with van der Waals surface area (Å²) in [7, 11) is 0. The lowest BCUT2D eigenvalue weighted by molar-refractivity contribution is 0.668. The van der Waals surface area contributed by atoms with Crippen LogP contribution in [0.25, 0.3) is 131 Å². The van der Waals surface area contributed by atoms with Gasteiger partial charge in [-0.3, -0.25) is 0 Å². The van der Waals surface area contributed by atoms with Crippen molar-refractivity contribution in [2.45, 2.75) is 0 Å². The monoisotopic (exact) mass is 1170 g/mol. The Hall–Kier alpha value is -12.2. The minimum Gasteiger partial charge on any atom is -0.456 e. The zero-order valence-corrected chi connectivity index (χ0v) is 50.2. The molecule has 0 aliphatic heterocycles. The smallest absolute Gasteiger partial charge is 0.137 e. The van der Waals surface area contributed by atoms with Crippen LogP contribution in [0.5, 0.6) is 0 Å². The number of rotatable bonds is 10. The minimum atomic E-state index is 0.878. The van der Waals surface area contributed by atoms with Crippen molar-refractivity contribution < 1.29 is 8.83 Å². The molecule has 0 aliphatic carbocycles. The van der Waals surface area contributed by atoms with Crippen molar-refractivity contribution in [3.05, 3.63) is 352 Å². The quantitative estimate of drug-likeness (QED) is 0.137. The van der Waals surface area contributed by atoms with Crippen LogP contribution in [0.15, 0.2) is 361 Å². The second-order valence-electron chi connectivity index (χ2n) is 23.6. The summed E-state index contributed by atoms with van der Waals surface area (Å²) < 4.78 is 12.6. The van der Waals surface area contributed by atoms with Gasteiger partial charge in [-0.15, -0.1) is 0 Å². The van der Waals surface area contributed by atoms with Crippen molar-refractivity contribution in [2.75, 3.05) is 9.80 Å². The predicted molar refractivity (Wildman–Crippen MR) is 389 cm³/mol. The highest BCUT2D eigenvalue weighted by Crippen LogP contribution is 2.43. The van der Waals surface area contributed by atoms with Crippen LogP contribution in [0.1, 0.15) is 0 Å². The van der Waals surface area contributed by atoms with Crippen LogP contribution in [0.3, 0.4) is 0 Å². The van der Waals surface area contributed by atoms with Crippen molar-refractivity contribution >= 4 is 121 Å². The number of hydrogen-bond acceptors (Lipinski definition) is 4. The van der Waals surface area contributed by atoms with Crippen LogP contribution in [0, 0.1) is 0 Å². The standard InChI is InChI=1S/2C44H29NO/c1-3-13-37-30(9-1)11-7-16-39(37)32-19-23-34(24-20-32)45(36-27-28-42-41-15-5-6-18-43(41)46-44(42)29-36)35-25-21-33(22-26-35)40-17-8-12-31-10-2-4-14-38(31)40;1-3-9-34-27-36(15-13-30(34)7-1)32-17-21-38(22-18-32)45(40-25-26-42-41-11-5-6-12-43(41)46-44(42)29-40)39-23-19-33(20-24-39)37-16-14-31-8-2-4-10-35(31)28-37/h2*1-29H. The van der Waals surface area contributed by atoms with Crippen molar-refractivity contribution in [1.29, 1.82) is 0 Å². The first-order valence-corrected chi connectivity index (χ1v) is 31.3. The highest BCUT2D eigenvalue weighted by molar-refractivity contribution is 6.08. The molecule has 0 spiro atoms. The zero-order chi connectivity index (χ0) is 60.9. The van der Waals surface area contributed by atoms with E-state index >= 15 is 0 Å². The highest BCUT2D eigenvalue weighted by atomic mass is 16.3. The number of furan rings is 2. The highest BCUT2D eigenvalue weighted by Gasteiger charge is 2.19. The minimum absolute atomic E-state index is 0.878. The third kappa shape index (κ3) is 10.0. The van der Waals surface area contributed by atoms with Crippen molar-refractivity contribution in [3.63, 3.8) is 0 Å². The van der Waals surface area contributed by atoms with E-state index in [-0.39, 0.29) is 0 Å². The van der Waals surface area contributed by atoms with Gasteiger partial charge in [0, 0.05) is 67.8 Å². The Morgan fingerprint density at radius 3 is 0.859 bits per heavy atom. The Labute approximate surface area is 533 Å². The van der Waals surface area contributed by atoms with Crippen molar-refractivity contribution in [1.82, 2.24) is 0 Å². The SMILES string of the molecule is c1ccc2c(-c3ccc(N(c4ccc(-c5cccc6ccccc56)cc4)c4ccc5c(c4)oc4ccccc45)cc3)cccc2c1.c1ccc2cc(-c3ccc(N(c4ccc(-c5ccc6ccccc6c5)cc4)c4ccc5c(c4)oc4ccccc45)cc3)ccc2c1. The van der Waals surface area contributed by atoms with Gasteiger partial charge in [0.2, 0.25) is 0 Å². The maximum absolute atomic E-state index is 6.32. The Morgan fingerprint density at radius 2 is 0.457 bits per heavy atom. The molecule has 2 heterocycles. The molecule has 18 rings (SSSR count). The van der Waals surface area contributed by atoms with Crippen molar-refractivity contribution in [2.24, 2.45) is 0 Å². The summed E-state index contributed by atoms with van der Waals surface area (Å²) in [6, 6.07) is 126. The lowest BCUT2D eigenvalue weighted by Gasteiger charge is -2.26. The molecule has 0 fully saturated rings. The third-order valence-electron chi connectivity index (χ3n) is 18.1. The molecular formula is C88H58N2O2. The molecule has 0 saturated heterocycles. The molecule has 4 nitrogen and oxygen atoms in total. The number of hydrogen-bond donors (Lipinski definition) is 0. The van der Waals surface area contributed by atoms with Crippen LogP contribution in [-0.2, 0) is 0 Å². The molecule has 0 amide bonds. The second kappa shape index (κ2) is 23.0. The van der Waals surface area contributed by atoms with Gasteiger partial charge in [-0.1, -0.05) is 243 Å². The fraction of sp³-hybridized carbons (Fsp3) is 0. The molecule has 16 aromatic carbocycles. The molecule has 18 aromatic rings. The number of anilines is 6. The first-order chi connectivity index (χ1) is 45.6. The molecule has 4 heteroatoms. The van der Waals surface area contributed by atoms with E-state index in [2.05, 4.69) is 337 Å². The van der Waals surface area contributed by atoms with E-state index in [9.17, 15) is 0 Å². The van der Waals surface area contributed by atoms with Crippen LogP contribution >= 0.6 is 0 Å². The van der Waals surface area contributed by atoms with E-state index < -0.39 is 0 Å². The summed E-state index contributed by atoms with van der Waals surface area (Å²) in [6.07, 6.45) is 0. The second-order valence-corrected chi connectivity index (χ2v) is 23.6. The number of fused-ring (bicyclic) bond motifs is 10. The number of para-hydroxylation sites is 2. The van der Waals surface area contributed by atoms with Gasteiger partial charge in [0.1, 0.15) is 22.3 Å². The van der Waals surface area contributed by atoms with Gasteiger partial charge in [0.15, 0.2) is 0 Å². The molecular weight excluding hydrogens is 1120 g/mol. The number of nitrogens with zero attached hydrogens (tertiary/aromatic N) is 2. The summed E-state index contributed by atoms with van der Waals surface area (Å²) in [5.41, 5.74) is 19.6. The van der Waals surface area contributed by atoms with E-state index in [4.69, 9.17) is 8.83 Å². The molecule has 0 radical (unpaired) electrons. The fourth-order valence-corrected chi connectivity index (χ4v) is 13.5. The Kier molecular flexibility index (Phi) is 13.5. The van der Waals surface area contributed by atoms with Gasteiger partial charge in [0.05, 0.1) is 0 Å². The molecule has 0 bridgehead atoms. The summed E-state index contributed by atoms with van der Waals surface area (Å²) in [5, 5.41) is 14.5. The summed E-state index contributed by atoms with van der Waals surface area (Å²) in [5.74, 6) is 0. The lowest BCUT2D eigenvalue weighted by Crippen LogP contribution is -2.09.